The monoisotopic (exact) mass is 353 g/mol. The van der Waals surface area contributed by atoms with Gasteiger partial charge in [-0.2, -0.15) is 0 Å². The van der Waals surface area contributed by atoms with E-state index in [1.54, 1.807) is 19.1 Å². The van der Waals surface area contributed by atoms with E-state index in [1.807, 2.05) is 18.2 Å². The molecule has 1 fully saturated rings. The average Bonchev–Trinajstić information content (AvgIpc) is 3.06. The van der Waals surface area contributed by atoms with E-state index in [2.05, 4.69) is 24.3 Å². The minimum absolute atomic E-state index is 0.0941. The van der Waals surface area contributed by atoms with Crippen LogP contribution in [0.25, 0.3) is 0 Å². The predicted octanol–water partition coefficient (Wildman–Crippen LogP) is 3.75. The van der Waals surface area contributed by atoms with Crippen molar-refractivity contribution in [1.82, 2.24) is 4.90 Å². The van der Waals surface area contributed by atoms with Gasteiger partial charge in [-0.25, -0.2) is 4.79 Å². The second-order valence-electron chi connectivity index (χ2n) is 6.91. The number of hydrogen-bond acceptors (Lipinski definition) is 4. The molecule has 1 amide bonds. The maximum atomic E-state index is 11.8. The molecule has 1 heterocycles. The van der Waals surface area contributed by atoms with E-state index in [0.717, 1.165) is 24.8 Å². The summed E-state index contributed by atoms with van der Waals surface area (Å²) in [5.41, 5.74) is 3.63. The Morgan fingerprint density at radius 2 is 1.81 bits per heavy atom. The van der Waals surface area contributed by atoms with E-state index >= 15 is 0 Å². The van der Waals surface area contributed by atoms with Gasteiger partial charge in [0.05, 0.1) is 7.11 Å². The lowest BCUT2D eigenvalue weighted by molar-refractivity contribution is 0.0322. The highest BCUT2D eigenvalue weighted by Gasteiger charge is 2.28. The smallest absolute Gasteiger partial charge is 0.410 e. The third-order valence-electron chi connectivity index (χ3n) is 5.15. The van der Waals surface area contributed by atoms with Crippen LogP contribution in [0, 0.1) is 0 Å². The van der Waals surface area contributed by atoms with Gasteiger partial charge in [0.25, 0.3) is 0 Å². The van der Waals surface area contributed by atoms with E-state index in [9.17, 15) is 4.79 Å². The Morgan fingerprint density at radius 3 is 2.46 bits per heavy atom. The van der Waals surface area contributed by atoms with Crippen molar-refractivity contribution in [2.24, 2.45) is 0 Å². The molecule has 5 nitrogen and oxygen atoms in total. The molecule has 0 radical (unpaired) electrons. The van der Waals surface area contributed by atoms with Crippen molar-refractivity contribution in [2.75, 3.05) is 20.7 Å². The second kappa shape index (κ2) is 6.90. The first kappa shape index (κ1) is 16.8. The number of carbonyl (C=O) groups is 1. The predicted molar refractivity (Wildman–Crippen MR) is 97.7 cm³/mol. The number of methoxy groups -OCH3 is 1. The summed E-state index contributed by atoms with van der Waals surface area (Å²) in [4.78, 5) is 13.4. The van der Waals surface area contributed by atoms with Crippen LogP contribution in [0.1, 0.15) is 29.2 Å². The second-order valence-corrected chi connectivity index (χ2v) is 6.91. The first-order valence-corrected chi connectivity index (χ1v) is 8.97. The molecular formula is C21H23NO4. The van der Waals surface area contributed by atoms with Crippen molar-refractivity contribution < 1.29 is 19.0 Å². The first-order chi connectivity index (χ1) is 12.6. The van der Waals surface area contributed by atoms with Crippen molar-refractivity contribution in [3.05, 3.63) is 59.2 Å². The van der Waals surface area contributed by atoms with Gasteiger partial charge in [-0.05, 0) is 28.8 Å². The van der Waals surface area contributed by atoms with E-state index in [4.69, 9.17) is 14.2 Å². The van der Waals surface area contributed by atoms with Crippen LogP contribution in [0.4, 0.5) is 4.79 Å². The quantitative estimate of drug-likeness (QED) is 0.840. The molecule has 2 aliphatic rings. The zero-order chi connectivity index (χ0) is 18.1. The topological polar surface area (TPSA) is 48.0 Å². The van der Waals surface area contributed by atoms with Gasteiger partial charge >= 0.3 is 6.09 Å². The molecular weight excluding hydrogens is 330 g/mol. The van der Waals surface area contributed by atoms with Crippen LogP contribution in [-0.2, 0) is 17.6 Å². The Bertz CT molecular complexity index is 794. The fourth-order valence-corrected chi connectivity index (χ4v) is 3.67. The van der Waals surface area contributed by atoms with E-state index in [-0.39, 0.29) is 18.3 Å². The number of fused-ring (bicyclic) bond motifs is 1. The first-order valence-electron chi connectivity index (χ1n) is 8.97. The Balaban J connectivity index is 1.53. The number of nitrogens with zero attached hydrogens (tertiary/aromatic N) is 1. The lowest BCUT2D eigenvalue weighted by atomic mass is 10.0. The number of hydrogen-bond donors (Lipinski definition) is 0. The number of benzene rings is 2. The van der Waals surface area contributed by atoms with E-state index in [0.29, 0.717) is 18.0 Å². The number of ether oxygens (including phenoxy) is 3. The number of amides is 1. The van der Waals surface area contributed by atoms with Gasteiger partial charge in [0.1, 0.15) is 12.2 Å². The lowest BCUT2D eigenvalue weighted by Gasteiger charge is -2.29. The molecule has 0 bridgehead atoms. The molecule has 5 heteroatoms. The van der Waals surface area contributed by atoms with Gasteiger partial charge in [0, 0.05) is 32.9 Å². The molecule has 1 aliphatic carbocycles. The van der Waals surface area contributed by atoms with Gasteiger partial charge in [-0.15, -0.1) is 0 Å². The van der Waals surface area contributed by atoms with Crippen LogP contribution < -0.4 is 9.47 Å². The lowest BCUT2D eigenvalue weighted by Crippen LogP contribution is -2.35. The molecule has 2 aromatic rings. The highest BCUT2D eigenvalue weighted by molar-refractivity contribution is 5.68. The summed E-state index contributed by atoms with van der Waals surface area (Å²) < 4.78 is 17.3. The van der Waals surface area contributed by atoms with Crippen molar-refractivity contribution in [2.45, 2.75) is 31.5 Å². The molecule has 136 valence electrons. The highest BCUT2D eigenvalue weighted by Crippen LogP contribution is 2.36. The van der Waals surface area contributed by atoms with Crippen LogP contribution in [0.15, 0.2) is 42.5 Å². The summed E-state index contributed by atoms with van der Waals surface area (Å²) in [5.74, 6) is 1.40. The highest BCUT2D eigenvalue weighted by atomic mass is 16.6. The van der Waals surface area contributed by atoms with Crippen LogP contribution in [0.2, 0.25) is 0 Å². The van der Waals surface area contributed by atoms with Crippen molar-refractivity contribution in [3.8, 4) is 11.5 Å². The molecule has 0 aromatic heterocycles. The Kier molecular flexibility index (Phi) is 4.45. The summed E-state index contributed by atoms with van der Waals surface area (Å²) >= 11 is 0. The molecule has 4 rings (SSSR count). The maximum Gasteiger partial charge on any atom is 0.410 e. The number of rotatable bonds is 4. The van der Waals surface area contributed by atoms with Gasteiger partial charge in [-0.1, -0.05) is 30.3 Å². The maximum absolute atomic E-state index is 11.8. The van der Waals surface area contributed by atoms with Crippen LogP contribution >= 0.6 is 0 Å². The van der Waals surface area contributed by atoms with Crippen molar-refractivity contribution in [1.29, 1.82) is 0 Å². The Labute approximate surface area is 153 Å². The van der Waals surface area contributed by atoms with Gasteiger partial charge in [0.15, 0.2) is 11.5 Å². The van der Waals surface area contributed by atoms with Crippen molar-refractivity contribution in [3.63, 3.8) is 0 Å². The van der Waals surface area contributed by atoms with Crippen LogP contribution in [0.5, 0.6) is 11.5 Å². The third-order valence-corrected chi connectivity index (χ3v) is 5.15. The van der Waals surface area contributed by atoms with Gasteiger partial charge < -0.3 is 19.1 Å². The zero-order valence-electron chi connectivity index (χ0n) is 15.1. The molecule has 1 saturated heterocycles. The largest absolute Gasteiger partial charge is 0.493 e. The standard InChI is InChI=1S/C21H23NO4/c1-22-10-9-18(26-21(22)23)16-7-8-19(24-2)20(13-16)25-17-11-14-5-3-4-6-15(14)12-17/h3-8,13,17-18H,9-12H2,1-2H3. The molecule has 1 aliphatic heterocycles. The minimum atomic E-state index is -0.286. The van der Waals surface area contributed by atoms with Crippen LogP contribution in [-0.4, -0.2) is 37.8 Å². The molecule has 0 N–H and O–H groups in total. The summed E-state index contributed by atoms with van der Waals surface area (Å²) in [6.45, 7) is 0.684. The molecule has 1 unspecified atom stereocenters. The third kappa shape index (κ3) is 3.21. The van der Waals surface area contributed by atoms with Gasteiger partial charge in [-0.3, -0.25) is 0 Å². The van der Waals surface area contributed by atoms with Crippen LogP contribution in [0.3, 0.4) is 0 Å². The Morgan fingerprint density at radius 1 is 1.08 bits per heavy atom. The summed E-state index contributed by atoms with van der Waals surface area (Å²) in [7, 11) is 3.39. The number of carbonyl (C=O) groups excluding carboxylic acids is 1. The summed E-state index contributed by atoms with van der Waals surface area (Å²) in [6.07, 6.45) is 2.12. The summed E-state index contributed by atoms with van der Waals surface area (Å²) in [5, 5.41) is 0. The zero-order valence-corrected chi connectivity index (χ0v) is 15.1. The summed E-state index contributed by atoms with van der Waals surface area (Å²) in [6, 6.07) is 14.2. The SMILES string of the molecule is COc1ccc(C2CCN(C)C(=O)O2)cc1OC1Cc2ccccc2C1. The number of cyclic esters (lactones) is 1. The minimum Gasteiger partial charge on any atom is -0.493 e. The molecule has 26 heavy (non-hydrogen) atoms. The fraction of sp³-hybridized carbons (Fsp3) is 0.381. The van der Waals surface area contributed by atoms with Gasteiger partial charge in [0.2, 0.25) is 0 Å². The van der Waals surface area contributed by atoms with E-state index < -0.39 is 0 Å². The Hall–Kier alpha value is -2.69. The van der Waals surface area contributed by atoms with Crippen molar-refractivity contribution >= 4 is 6.09 Å². The molecule has 1 atom stereocenters. The average molecular weight is 353 g/mol. The normalized spacial score (nSPS) is 19.8. The fourth-order valence-electron chi connectivity index (χ4n) is 3.67. The van der Waals surface area contributed by atoms with E-state index in [1.165, 1.54) is 11.1 Å². The molecule has 0 spiro atoms. The molecule has 2 aromatic carbocycles. The molecule has 0 saturated carbocycles.